The number of nitrogens with two attached hydrogens (primary N) is 1. The summed E-state index contributed by atoms with van der Waals surface area (Å²) in [5.74, 6) is -0.417. The van der Waals surface area contributed by atoms with E-state index in [1.807, 2.05) is 25.1 Å². The number of rotatable bonds is 4. The third kappa shape index (κ3) is 2.66. The maximum absolute atomic E-state index is 10.9. The molecule has 1 unspecified atom stereocenters. The zero-order valence-corrected chi connectivity index (χ0v) is 9.51. The molecule has 2 aromatic rings. The lowest BCUT2D eigenvalue weighted by Crippen LogP contribution is -2.11. The first-order chi connectivity index (χ1) is 8.16. The Morgan fingerprint density at radius 3 is 2.53 bits per heavy atom. The number of amides is 1. The molecule has 1 aromatic carbocycles. The second kappa shape index (κ2) is 4.74. The number of anilines is 1. The molecular weight excluding hydrogens is 216 g/mol. The van der Waals surface area contributed by atoms with Crippen LogP contribution in [0.25, 0.3) is 0 Å². The molecule has 1 aromatic heterocycles. The zero-order valence-electron chi connectivity index (χ0n) is 9.51. The standard InChI is InChI=1S/C13H14N2O2/c1-9(11-6-7-17-8-11)15-12-4-2-10(3-5-12)13(14)16/h2-9,15H,1H3,(H2,14,16). The lowest BCUT2D eigenvalue weighted by Gasteiger charge is -2.13. The zero-order chi connectivity index (χ0) is 12.3. The lowest BCUT2D eigenvalue weighted by atomic mass is 10.1. The number of furan rings is 1. The van der Waals surface area contributed by atoms with Crippen LogP contribution in [0.3, 0.4) is 0 Å². The molecule has 0 aliphatic carbocycles. The van der Waals surface area contributed by atoms with Crippen LogP contribution >= 0.6 is 0 Å². The first-order valence-corrected chi connectivity index (χ1v) is 5.35. The van der Waals surface area contributed by atoms with Gasteiger partial charge in [0, 0.05) is 16.8 Å². The summed E-state index contributed by atoms with van der Waals surface area (Å²) in [4.78, 5) is 10.9. The predicted octanol–water partition coefficient (Wildman–Crippen LogP) is 2.55. The third-order valence-corrected chi connectivity index (χ3v) is 2.60. The van der Waals surface area contributed by atoms with Gasteiger partial charge in [0.15, 0.2) is 0 Å². The van der Waals surface area contributed by atoms with Gasteiger partial charge in [-0.15, -0.1) is 0 Å². The van der Waals surface area contributed by atoms with Crippen molar-refractivity contribution in [1.29, 1.82) is 0 Å². The summed E-state index contributed by atoms with van der Waals surface area (Å²) in [5, 5.41) is 3.30. The van der Waals surface area contributed by atoms with Gasteiger partial charge < -0.3 is 15.5 Å². The van der Waals surface area contributed by atoms with Crippen molar-refractivity contribution in [2.45, 2.75) is 13.0 Å². The Bertz CT molecular complexity index is 489. The summed E-state index contributed by atoms with van der Waals surface area (Å²) in [6.45, 7) is 2.03. The van der Waals surface area contributed by atoms with Crippen molar-refractivity contribution in [2.24, 2.45) is 5.73 Å². The van der Waals surface area contributed by atoms with Crippen LogP contribution in [0.5, 0.6) is 0 Å². The van der Waals surface area contributed by atoms with Crippen LogP contribution in [-0.2, 0) is 0 Å². The molecule has 2 rings (SSSR count). The number of benzene rings is 1. The van der Waals surface area contributed by atoms with E-state index in [-0.39, 0.29) is 6.04 Å². The molecule has 0 saturated carbocycles. The minimum absolute atomic E-state index is 0.146. The minimum atomic E-state index is -0.417. The van der Waals surface area contributed by atoms with E-state index in [4.69, 9.17) is 10.2 Å². The summed E-state index contributed by atoms with van der Waals surface area (Å²) in [7, 11) is 0. The SMILES string of the molecule is CC(Nc1ccc(C(N)=O)cc1)c1ccoc1. The molecule has 0 radical (unpaired) electrons. The molecular formula is C13H14N2O2. The fraction of sp³-hybridized carbons (Fsp3) is 0.154. The highest BCUT2D eigenvalue weighted by Crippen LogP contribution is 2.19. The van der Waals surface area contributed by atoms with E-state index in [0.717, 1.165) is 11.3 Å². The van der Waals surface area contributed by atoms with Crippen LogP contribution in [-0.4, -0.2) is 5.91 Å². The second-order valence-corrected chi connectivity index (χ2v) is 3.86. The Morgan fingerprint density at radius 2 is 2.00 bits per heavy atom. The molecule has 88 valence electrons. The van der Waals surface area contributed by atoms with Crippen molar-refractivity contribution in [3.05, 3.63) is 54.0 Å². The van der Waals surface area contributed by atoms with E-state index < -0.39 is 5.91 Å². The van der Waals surface area contributed by atoms with Gasteiger partial charge in [0.05, 0.1) is 18.6 Å². The molecule has 0 bridgehead atoms. The monoisotopic (exact) mass is 230 g/mol. The average molecular weight is 230 g/mol. The second-order valence-electron chi connectivity index (χ2n) is 3.86. The number of carbonyl (C=O) groups is 1. The fourth-order valence-electron chi connectivity index (χ4n) is 1.59. The van der Waals surface area contributed by atoms with E-state index in [2.05, 4.69) is 5.32 Å². The topological polar surface area (TPSA) is 68.3 Å². The molecule has 0 aliphatic heterocycles. The fourth-order valence-corrected chi connectivity index (χ4v) is 1.59. The van der Waals surface area contributed by atoms with Crippen LogP contribution in [0.4, 0.5) is 5.69 Å². The van der Waals surface area contributed by atoms with Crippen molar-refractivity contribution in [3.63, 3.8) is 0 Å². The predicted molar refractivity (Wildman–Crippen MR) is 65.7 cm³/mol. The maximum atomic E-state index is 10.9. The van der Waals surface area contributed by atoms with Crippen molar-refractivity contribution in [3.8, 4) is 0 Å². The molecule has 1 amide bonds. The highest BCUT2D eigenvalue weighted by atomic mass is 16.3. The molecule has 1 atom stereocenters. The number of hydrogen-bond donors (Lipinski definition) is 2. The Kier molecular flexibility index (Phi) is 3.14. The number of carbonyl (C=O) groups excluding carboxylic acids is 1. The van der Waals surface area contributed by atoms with E-state index in [1.54, 1.807) is 24.7 Å². The van der Waals surface area contributed by atoms with Gasteiger partial charge in [-0.3, -0.25) is 4.79 Å². The van der Waals surface area contributed by atoms with E-state index in [0.29, 0.717) is 5.56 Å². The van der Waals surface area contributed by atoms with Crippen LogP contribution in [0.1, 0.15) is 28.9 Å². The highest BCUT2D eigenvalue weighted by Gasteiger charge is 2.06. The first kappa shape index (κ1) is 11.3. The Labute approximate surface area is 99.4 Å². The largest absolute Gasteiger partial charge is 0.472 e. The Hall–Kier alpha value is -2.23. The summed E-state index contributed by atoms with van der Waals surface area (Å²) < 4.78 is 5.02. The van der Waals surface area contributed by atoms with Gasteiger partial charge in [-0.25, -0.2) is 0 Å². The molecule has 0 aliphatic rings. The average Bonchev–Trinajstić information content (AvgIpc) is 2.83. The summed E-state index contributed by atoms with van der Waals surface area (Å²) in [6, 6.07) is 9.12. The molecule has 4 heteroatoms. The lowest BCUT2D eigenvalue weighted by molar-refractivity contribution is 0.100. The van der Waals surface area contributed by atoms with Gasteiger partial charge >= 0.3 is 0 Å². The number of nitrogens with one attached hydrogen (secondary N) is 1. The van der Waals surface area contributed by atoms with Gasteiger partial charge in [-0.1, -0.05) is 0 Å². The molecule has 0 saturated heterocycles. The molecule has 17 heavy (non-hydrogen) atoms. The molecule has 0 fully saturated rings. The number of hydrogen-bond acceptors (Lipinski definition) is 3. The van der Waals surface area contributed by atoms with Gasteiger partial charge in [0.2, 0.25) is 5.91 Å². The quantitative estimate of drug-likeness (QED) is 0.848. The van der Waals surface area contributed by atoms with Crippen LogP contribution in [0, 0.1) is 0 Å². The van der Waals surface area contributed by atoms with Crippen molar-refractivity contribution < 1.29 is 9.21 Å². The smallest absolute Gasteiger partial charge is 0.248 e. The van der Waals surface area contributed by atoms with E-state index in [1.165, 1.54) is 0 Å². The Morgan fingerprint density at radius 1 is 1.29 bits per heavy atom. The molecule has 3 N–H and O–H groups in total. The van der Waals surface area contributed by atoms with Gasteiger partial charge in [-0.2, -0.15) is 0 Å². The van der Waals surface area contributed by atoms with Crippen LogP contribution in [0.2, 0.25) is 0 Å². The molecule has 4 nitrogen and oxygen atoms in total. The van der Waals surface area contributed by atoms with Gasteiger partial charge in [0.1, 0.15) is 0 Å². The van der Waals surface area contributed by atoms with Crippen molar-refractivity contribution in [2.75, 3.05) is 5.32 Å². The van der Waals surface area contributed by atoms with Crippen LogP contribution in [0.15, 0.2) is 47.3 Å². The molecule has 1 heterocycles. The van der Waals surface area contributed by atoms with Crippen molar-refractivity contribution in [1.82, 2.24) is 0 Å². The summed E-state index contributed by atoms with van der Waals surface area (Å²) in [5.41, 5.74) is 7.68. The maximum Gasteiger partial charge on any atom is 0.248 e. The summed E-state index contributed by atoms with van der Waals surface area (Å²) in [6.07, 6.45) is 3.35. The third-order valence-electron chi connectivity index (χ3n) is 2.60. The van der Waals surface area contributed by atoms with E-state index >= 15 is 0 Å². The molecule has 0 spiro atoms. The van der Waals surface area contributed by atoms with Crippen molar-refractivity contribution >= 4 is 11.6 Å². The Balaban J connectivity index is 2.06. The first-order valence-electron chi connectivity index (χ1n) is 5.35. The number of primary amides is 1. The summed E-state index contributed by atoms with van der Waals surface area (Å²) >= 11 is 0. The normalized spacial score (nSPS) is 12.1. The minimum Gasteiger partial charge on any atom is -0.472 e. The van der Waals surface area contributed by atoms with Gasteiger partial charge in [0.25, 0.3) is 0 Å². The van der Waals surface area contributed by atoms with Gasteiger partial charge in [-0.05, 0) is 37.3 Å². The van der Waals surface area contributed by atoms with Crippen LogP contribution < -0.4 is 11.1 Å². The highest BCUT2D eigenvalue weighted by molar-refractivity contribution is 5.93. The van der Waals surface area contributed by atoms with E-state index in [9.17, 15) is 4.79 Å².